The van der Waals surface area contributed by atoms with Crippen molar-refractivity contribution in [3.05, 3.63) is 36.0 Å². The molecule has 2 aromatic rings. The van der Waals surface area contributed by atoms with Gasteiger partial charge in [-0.1, -0.05) is 18.2 Å². The topological polar surface area (TPSA) is 100 Å². The molecule has 6 nitrogen and oxygen atoms in total. The molecule has 160 valence electrons. The third kappa shape index (κ3) is 3.46. The summed E-state index contributed by atoms with van der Waals surface area (Å²) in [5.74, 6) is 2.37. The van der Waals surface area contributed by atoms with Gasteiger partial charge in [0.25, 0.3) is 0 Å². The van der Waals surface area contributed by atoms with Crippen molar-refractivity contribution in [2.24, 2.45) is 28.9 Å². The summed E-state index contributed by atoms with van der Waals surface area (Å²) < 4.78 is 0. The fourth-order valence-electron chi connectivity index (χ4n) is 7.08. The highest BCUT2D eigenvalue weighted by molar-refractivity contribution is 5.89. The van der Waals surface area contributed by atoms with E-state index in [0.717, 1.165) is 34.2 Å². The van der Waals surface area contributed by atoms with E-state index < -0.39 is 12.1 Å². The summed E-state index contributed by atoms with van der Waals surface area (Å²) in [6.45, 7) is 2.16. The smallest absolute Gasteiger partial charge is 0.312 e. The number of urea groups is 1. The SMILES string of the molecule is C[C@@H](NC(=O)[C@H](Cc1c[nH]c2ccccc12)NC(N)=O)C12CC3CC(CC(C3)C1)C2. The number of fused-ring (bicyclic) bond motifs is 1. The van der Waals surface area contributed by atoms with Crippen LogP contribution in [0.25, 0.3) is 10.9 Å². The number of amides is 3. The average Bonchev–Trinajstić information content (AvgIpc) is 3.09. The fourth-order valence-corrected chi connectivity index (χ4v) is 7.08. The van der Waals surface area contributed by atoms with Gasteiger partial charge in [0, 0.05) is 29.6 Å². The molecule has 0 aliphatic heterocycles. The molecule has 1 aromatic heterocycles. The molecule has 0 spiro atoms. The first-order chi connectivity index (χ1) is 14.4. The summed E-state index contributed by atoms with van der Waals surface area (Å²) >= 11 is 0. The van der Waals surface area contributed by atoms with Crippen LogP contribution in [0, 0.1) is 23.2 Å². The van der Waals surface area contributed by atoms with E-state index in [-0.39, 0.29) is 17.4 Å². The van der Waals surface area contributed by atoms with Crippen LogP contribution in [0.4, 0.5) is 4.79 Å². The van der Waals surface area contributed by atoms with Gasteiger partial charge in [-0.2, -0.15) is 0 Å². The number of aromatic amines is 1. The van der Waals surface area contributed by atoms with E-state index in [1.807, 2.05) is 30.5 Å². The maximum Gasteiger partial charge on any atom is 0.312 e. The first-order valence-electron chi connectivity index (χ1n) is 11.3. The number of carbonyl (C=O) groups is 2. The zero-order chi connectivity index (χ0) is 20.9. The van der Waals surface area contributed by atoms with Crippen LogP contribution in [0.1, 0.15) is 51.0 Å². The van der Waals surface area contributed by atoms with Gasteiger partial charge in [0.2, 0.25) is 5.91 Å². The Morgan fingerprint density at radius 2 is 1.73 bits per heavy atom. The van der Waals surface area contributed by atoms with Crippen molar-refractivity contribution in [2.45, 2.75) is 64.0 Å². The first kappa shape index (κ1) is 19.5. The Morgan fingerprint density at radius 3 is 2.37 bits per heavy atom. The second-order valence-electron chi connectivity index (χ2n) is 10.1. The molecule has 4 bridgehead atoms. The molecule has 4 aliphatic rings. The molecule has 2 atom stereocenters. The van der Waals surface area contributed by atoms with E-state index in [2.05, 4.69) is 22.5 Å². The van der Waals surface area contributed by atoms with Crippen molar-refractivity contribution in [1.82, 2.24) is 15.6 Å². The molecule has 4 fully saturated rings. The minimum Gasteiger partial charge on any atom is -0.361 e. The number of para-hydroxylation sites is 1. The van der Waals surface area contributed by atoms with Gasteiger partial charge in [-0.3, -0.25) is 4.79 Å². The predicted octanol–water partition coefficient (Wildman–Crippen LogP) is 3.47. The van der Waals surface area contributed by atoms with E-state index in [0.29, 0.717) is 6.42 Å². The number of aromatic nitrogens is 1. The second kappa shape index (κ2) is 7.33. The van der Waals surface area contributed by atoms with Crippen molar-refractivity contribution < 1.29 is 9.59 Å². The maximum absolute atomic E-state index is 13.3. The molecule has 3 amide bonds. The Bertz CT molecular complexity index is 930. The predicted molar refractivity (Wildman–Crippen MR) is 117 cm³/mol. The molecular weight excluding hydrogens is 376 g/mol. The lowest BCUT2D eigenvalue weighted by Gasteiger charge is -2.59. The quantitative estimate of drug-likeness (QED) is 0.588. The third-order valence-electron chi connectivity index (χ3n) is 8.09. The minimum absolute atomic E-state index is 0.110. The van der Waals surface area contributed by atoms with Gasteiger partial charge in [-0.15, -0.1) is 0 Å². The zero-order valence-corrected chi connectivity index (χ0v) is 17.6. The van der Waals surface area contributed by atoms with Gasteiger partial charge >= 0.3 is 6.03 Å². The van der Waals surface area contributed by atoms with Gasteiger partial charge in [0.05, 0.1) is 0 Å². The zero-order valence-electron chi connectivity index (χ0n) is 17.6. The van der Waals surface area contributed by atoms with Crippen LogP contribution in [-0.2, 0) is 11.2 Å². The van der Waals surface area contributed by atoms with Crippen molar-refractivity contribution in [1.29, 1.82) is 0 Å². The van der Waals surface area contributed by atoms with Crippen LogP contribution in [0.3, 0.4) is 0 Å². The number of hydrogen-bond acceptors (Lipinski definition) is 2. The molecule has 6 rings (SSSR count). The number of primary amides is 1. The molecular formula is C24H32N4O2. The number of rotatable bonds is 6. The first-order valence-corrected chi connectivity index (χ1v) is 11.3. The number of carbonyl (C=O) groups excluding carboxylic acids is 2. The van der Waals surface area contributed by atoms with E-state index >= 15 is 0 Å². The van der Waals surface area contributed by atoms with Gasteiger partial charge in [-0.25, -0.2) is 4.79 Å². The fraction of sp³-hybridized carbons (Fsp3) is 0.583. The Morgan fingerprint density at radius 1 is 1.10 bits per heavy atom. The Labute approximate surface area is 177 Å². The van der Waals surface area contributed by atoms with Crippen molar-refractivity contribution >= 4 is 22.8 Å². The summed E-state index contributed by atoms with van der Waals surface area (Å²) in [7, 11) is 0. The summed E-state index contributed by atoms with van der Waals surface area (Å²) in [6.07, 6.45) is 10.2. The van der Waals surface area contributed by atoms with Crippen LogP contribution >= 0.6 is 0 Å². The Hall–Kier alpha value is -2.50. The minimum atomic E-state index is -0.682. The van der Waals surface area contributed by atoms with E-state index in [1.165, 1.54) is 38.5 Å². The lowest BCUT2D eigenvalue weighted by Crippen LogP contribution is -2.59. The van der Waals surface area contributed by atoms with Crippen LogP contribution < -0.4 is 16.4 Å². The molecule has 4 saturated carbocycles. The van der Waals surface area contributed by atoms with Crippen molar-refractivity contribution in [3.63, 3.8) is 0 Å². The van der Waals surface area contributed by atoms with E-state index in [9.17, 15) is 9.59 Å². The monoisotopic (exact) mass is 408 g/mol. The molecule has 0 saturated heterocycles. The molecule has 0 unspecified atom stereocenters. The normalized spacial score (nSPS) is 31.4. The Kier molecular flexibility index (Phi) is 4.75. The summed E-state index contributed by atoms with van der Waals surface area (Å²) in [5, 5.41) is 7.02. The van der Waals surface area contributed by atoms with Crippen molar-refractivity contribution in [2.75, 3.05) is 0 Å². The number of nitrogens with two attached hydrogens (primary N) is 1. The molecule has 5 N–H and O–H groups in total. The van der Waals surface area contributed by atoms with Crippen molar-refractivity contribution in [3.8, 4) is 0 Å². The Balaban J connectivity index is 1.32. The van der Waals surface area contributed by atoms with Crippen LogP contribution in [0.5, 0.6) is 0 Å². The molecule has 0 radical (unpaired) electrons. The molecule has 6 heteroatoms. The molecule has 1 heterocycles. The lowest BCUT2D eigenvalue weighted by atomic mass is 9.48. The largest absolute Gasteiger partial charge is 0.361 e. The van der Waals surface area contributed by atoms with Gasteiger partial charge < -0.3 is 21.4 Å². The highest BCUT2D eigenvalue weighted by Crippen LogP contribution is 2.61. The van der Waals surface area contributed by atoms with E-state index in [1.54, 1.807) is 0 Å². The number of H-pyrrole nitrogens is 1. The number of nitrogens with one attached hydrogen (secondary N) is 3. The van der Waals surface area contributed by atoms with Crippen LogP contribution in [0.2, 0.25) is 0 Å². The second-order valence-corrected chi connectivity index (χ2v) is 10.1. The van der Waals surface area contributed by atoms with E-state index in [4.69, 9.17) is 5.73 Å². The summed E-state index contributed by atoms with van der Waals surface area (Å²) in [6, 6.07) is 6.74. The van der Waals surface area contributed by atoms with Crippen LogP contribution in [0.15, 0.2) is 30.5 Å². The summed E-state index contributed by atoms with van der Waals surface area (Å²) in [5.41, 5.74) is 7.66. The number of benzene rings is 1. The summed E-state index contributed by atoms with van der Waals surface area (Å²) in [4.78, 5) is 28.1. The average molecular weight is 409 g/mol. The van der Waals surface area contributed by atoms with Crippen LogP contribution in [-0.4, -0.2) is 29.0 Å². The number of hydrogen-bond donors (Lipinski definition) is 4. The molecule has 4 aliphatic carbocycles. The molecule has 30 heavy (non-hydrogen) atoms. The maximum atomic E-state index is 13.3. The standard InChI is InChI=1S/C24H32N4O2/c1-14(24-10-15-6-16(11-24)8-17(7-15)12-24)27-22(29)21(28-23(25)30)9-18-13-26-20-5-3-2-4-19(18)20/h2-5,13-17,21,26H,6-12H2,1H3,(H,27,29)(H3,25,28,30)/t14-,15?,16?,17?,21+,24?/m1/s1. The third-order valence-corrected chi connectivity index (χ3v) is 8.09. The lowest BCUT2D eigenvalue weighted by molar-refractivity contribution is -0.127. The highest BCUT2D eigenvalue weighted by atomic mass is 16.2. The van der Waals surface area contributed by atoms with Gasteiger partial charge in [-0.05, 0) is 80.2 Å². The molecule has 1 aromatic carbocycles. The van der Waals surface area contributed by atoms with Gasteiger partial charge in [0.15, 0.2) is 0 Å². The highest BCUT2D eigenvalue weighted by Gasteiger charge is 2.53. The van der Waals surface area contributed by atoms with Gasteiger partial charge in [0.1, 0.15) is 6.04 Å².